The largest absolute Gasteiger partial charge is 0.321 e. The molecule has 4 heteroatoms. The van der Waals surface area contributed by atoms with E-state index in [4.69, 9.17) is 11.6 Å². The molecule has 2 aromatic carbocycles. The normalized spacial score (nSPS) is 10.5. The summed E-state index contributed by atoms with van der Waals surface area (Å²) in [6.07, 6.45) is 1.77. The van der Waals surface area contributed by atoms with Crippen molar-refractivity contribution in [2.75, 3.05) is 5.32 Å². The van der Waals surface area contributed by atoms with Crippen LogP contribution in [0.2, 0.25) is 5.02 Å². The van der Waals surface area contributed by atoms with E-state index in [1.165, 1.54) is 0 Å². The first-order valence-corrected chi connectivity index (χ1v) is 8.39. The molecule has 2 nitrogen and oxygen atoms in total. The summed E-state index contributed by atoms with van der Waals surface area (Å²) in [5.41, 5.74) is 3.81. The minimum atomic E-state index is -0.121. The third kappa shape index (κ3) is 3.77. The van der Waals surface area contributed by atoms with Gasteiger partial charge in [0, 0.05) is 14.8 Å². The van der Waals surface area contributed by atoms with E-state index >= 15 is 0 Å². The van der Waals surface area contributed by atoms with E-state index in [1.54, 1.807) is 12.1 Å². The smallest absolute Gasteiger partial charge is 0.255 e. The number of para-hydroxylation sites is 1. The van der Waals surface area contributed by atoms with Crippen molar-refractivity contribution in [3.63, 3.8) is 0 Å². The van der Waals surface area contributed by atoms with Crippen LogP contribution in [0.3, 0.4) is 0 Å². The van der Waals surface area contributed by atoms with Crippen LogP contribution in [-0.2, 0) is 12.8 Å². The summed E-state index contributed by atoms with van der Waals surface area (Å²) < 4.78 is 0.939. The third-order valence-corrected chi connectivity index (χ3v) is 4.99. The molecule has 0 heterocycles. The van der Waals surface area contributed by atoms with Crippen molar-refractivity contribution < 1.29 is 4.79 Å². The lowest BCUT2D eigenvalue weighted by Crippen LogP contribution is -2.15. The molecule has 0 saturated carbocycles. The van der Waals surface area contributed by atoms with Gasteiger partial charge in [0.05, 0.1) is 5.02 Å². The summed E-state index contributed by atoms with van der Waals surface area (Å²) in [7, 11) is 0. The Kier molecular flexibility index (Phi) is 5.65. The highest BCUT2D eigenvalue weighted by atomic mass is 127. The molecule has 0 atom stereocenters. The second-order valence-electron chi connectivity index (χ2n) is 4.74. The lowest BCUT2D eigenvalue weighted by Gasteiger charge is -2.14. The van der Waals surface area contributed by atoms with Gasteiger partial charge in [-0.15, -0.1) is 0 Å². The molecule has 1 N–H and O–H groups in total. The van der Waals surface area contributed by atoms with Gasteiger partial charge in [0.15, 0.2) is 0 Å². The summed E-state index contributed by atoms with van der Waals surface area (Å²) >= 11 is 8.24. The van der Waals surface area contributed by atoms with Crippen molar-refractivity contribution in [2.45, 2.75) is 26.7 Å². The number of nitrogens with one attached hydrogen (secondary N) is 1. The van der Waals surface area contributed by atoms with E-state index in [-0.39, 0.29) is 5.91 Å². The van der Waals surface area contributed by atoms with Crippen molar-refractivity contribution in [3.05, 3.63) is 61.7 Å². The fourth-order valence-electron chi connectivity index (χ4n) is 2.23. The number of anilines is 1. The quantitative estimate of drug-likeness (QED) is 0.675. The van der Waals surface area contributed by atoms with Gasteiger partial charge < -0.3 is 5.32 Å². The fraction of sp³-hybridized carbons (Fsp3) is 0.235. The second-order valence-corrected chi connectivity index (χ2v) is 6.31. The minimum Gasteiger partial charge on any atom is -0.321 e. The van der Waals surface area contributed by atoms with E-state index in [2.05, 4.69) is 53.9 Å². The predicted molar refractivity (Wildman–Crippen MR) is 97.3 cm³/mol. The van der Waals surface area contributed by atoms with Gasteiger partial charge >= 0.3 is 0 Å². The van der Waals surface area contributed by atoms with Gasteiger partial charge in [-0.25, -0.2) is 0 Å². The minimum absolute atomic E-state index is 0.121. The first kappa shape index (κ1) is 16.3. The summed E-state index contributed by atoms with van der Waals surface area (Å²) in [5, 5.41) is 3.64. The van der Waals surface area contributed by atoms with Gasteiger partial charge in [0.2, 0.25) is 0 Å². The number of hydrogen-bond donors (Lipinski definition) is 1. The maximum Gasteiger partial charge on any atom is 0.255 e. The van der Waals surface area contributed by atoms with Crippen molar-refractivity contribution in [2.24, 2.45) is 0 Å². The zero-order chi connectivity index (χ0) is 15.4. The molecule has 0 aliphatic rings. The molecule has 0 radical (unpaired) electrons. The van der Waals surface area contributed by atoms with Crippen LogP contribution in [0.25, 0.3) is 0 Å². The first-order valence-electron chi connectivity index (χ1n) is 6.94. The molecule has 0 aliphatic carbocycles. The number of amides is 1. The van der Waals surface area contributed by atoms with Crippen LogP contribution in [0.1, 0.15) is 35.3 Å². The van der Waals surface area contributed by atoms with E-state index < -0.39 is 0 Å². The number of benzene rings is 2. The highest BCUT2D eigenvalue weighted by Crippen LogP contribution is 2.24. The zero-order valence-corrected chi connectivity index (χ0v) is 15.0. The number of carbonyl (C=O) groups excluding carboxylic acids is 1. The molecule has 110 valence electrons. The van der Waals surface area contributed by atoms with E-state index in [1.807, 2.05) is 12.1 Å². The molecule has 0 saturated heterocycles. The van der Waals surface area contributed by atoms with Crippen LogP contribution in [0.5, 0.6) is 0 Å². The maximum atomic E-state index is 12.4. The van der Waals surface area contributed by atoms with Crippen LogP contribution in [0.4, 0.5) is 5.69 Å². The molecule has 1 amide bonds. The van der Waals surface area contributed by atoms with Crippen LogP contribution >= 0.6 is 34.2 Å². The highest BCUT2D eigenvalue weighted by molar-refractivity contribution is 14.1. The van der Waals surface area contributed by atoms with Crippen molar-refractivity contribution in [3.8, 4) is 0 Å². The Labute approximate surface area is 144 Å². The number of halogens is 2. The summed E-state index contributed by atoms with van der Waals surface area (Å²) in [6.45, 7) is 4.18. The predicted octanol–water partition coefficient (Wildman–Crippen LogP) is 5.32. The van der Waals surface area contributed by atoms with Gasteiger partial charge in [0.1, 0.15) is 0 Å². The van der Waals surface area contributed by atoms with Gasteiger partial charge in [-0.2, -0.15) is 0 Å². The van der Waals surface area contributed by atoms with Crippen LogP contribution in [0, 0.1) is 3.57 Å². The van der Waals surface area contributed by atoms with Crippen LogP contribution < -0.4 is 5.32 Å². The number of carbonyl (C=O) groups is 1. The molecular formula is C17H17ClINO. The monoisotopic (exact) mass is 413 g/mol. The average Bonchev–Trinajstić information content (AvgIpc) is 2.50. The number of rotatable bonds is 4. The second kappa shape index (κ2) is 7.27. The molecule has 0 aromatic heterocycles. The Balaban J connectivity index is 2.33. The van der Waals surface area contributed by atoms with Gasteiger partial charge in [0.25, 0.3) is 5.91 Å². The third-order valence-electron chi connectivity index (χ3n) is 3.42. The molecule has 0 aliphatic heterocycles. The molecular weight excluding hydrogens is 397 g/mol. The Morgan fingerprint density at radius 3 is 2.29 bits per heavy atom. The van der Waals surface area contributed by atoms with E-state index in [0.29, 0.717) is 10.6 Å². The number of aryl methyl sites for hydroxylation is 2. The Hall–Kier alpha value is -1.07. The summed E-state index contributed by atoms with van der Waals surface area (Å²) in [5.74, 6) is -0.121. The van der Waals surface area contributed by atoms with Crippen molar-refractivity contribution >= 4 is 45.8 Å². The first-order chi connectivity index (χ1) is 10.1. The molecule has 0 fully saturated rings. The molecule has 0 spiro atoms. The van der Waals surface area contributed by atoms with Crippen molar-refractivity contribution in [1.29, 1.82) is 0 Å². The van der Waals surface area contributed by atoms with Crippen molar-refractivity contribution in [1.82, 2.24) is 0 Å². The Morgan fingerprint density at radius 1 is 1.14 bits per heavy atom. The maximum absolute atomic E-state index is 12.4. The highest BCUT2D eigenvalue weighted by Gasteiger charge is 2.12. The van der Waals surface area contributed by atoms with Crippen LogP contribution in [0.15, 0.2) is 36.4 Å². The van der Waals surface area contributed by atoms with Gasteiger partial charge in [-0.1, -0.05) is 43.6 Å². The molecule has 0 unspecified atom stereocenters. The number of hydrogen-bond acceptors (Lipinski definition) is 1. The molecule has 0 bridgehead atoms. The SMILES string of the molecule is CCc1cccc(CC)c1NC(=O)c1ccc(I)c(Cl)c1. The zero-order valence-electron chi connectivity index (χ0n) is 12.0. The lowest BCUT2D eigenvalue weighted by molar-refractivity contribution is 0.102. The summed E-state index contributed by atoms with van der Waals surface area (Å²) in [4.78, 5) is 12.4. The Bertz CT molecular complexity index is 648. The van der Waals surface area contributed by atoms with E-state index in [0.717, 1.165) is 33.2 Å². The van der Waals surface area contributed by atoms with Gasteiger partial charge in [-0.05, 0) is 64.8 Å². The fourth-order valence-corrected chi connectivity index (χ4v) is 2.74. The molecule has 21 heavy (non-hydrogen) atoms. The van der Waals surface area contributed by atoms with E-state index in [9.17, 15) is 4.79 Å². The van der Waals surface area contributed by atoms with Gasteiger partial charge in [-0.3, -0.25) is 4.79 Å². The molecule has 2 rings (SSSR count). The standard InChI is InChI=1S/C17H17ClINO/c1-3-11-6-5-7-12(4-2)16(11)20-17(21)13-8-9-15(19)14(18)10-13/h5-10H,3-4H2,1-2H3,(H,20,21). The average molecular weight is 414 g/mol. The molecule has 2 aromatic rings. The lowest BCUT2D eigenvalue weighted by atomic mass is 10.0. The van der Waals surface area contributed by atoms with Crippen LogP contribution in [-0.4, -0.2) is 5.91 Å². The topological polar surface area (TPSA) is 29.1 Å². The summed E-state index contributed by atoms with van der Waals surface area (Å²) in [6, 6.07) is 11.5. The Morgan fingerprint density at radius 2 is 1.76 bits per heavy atom.